The van der Waals surface area contributed by atoms with Gasteiger partial charge in [0.1, 0.15) is 5.82 Å². The Bertz CT molecular complexity index is 400. The third-order valence-electron chi connectivity index (χ3n) is 3.56. The number of nitrogens with zero attached hydrogens (tertiary/aromatic N) is 1. The summed E-state index contributed by atoms with van der Waals surface area (Å²) in [6.45, 7) is 8.42. The molecule has 0 radical (unpaired) electrons. The first-order valence-electron chi connectivity index (χ1n) is 6.97. The minimum absolute atomic E-state index is 0. The van der Waals surface area contributed by atoms with E-state index >= 15 is 0 Å². The van der Waals surface area contributed by atoms with Gasteiger partial charge in [0.05, 0.1) is 0 Å². The lowest BCUT2D eigenvalue weighted by molar-refractivity contribution is 0.154. The molecule has 1 saturated heterocycles. The van der Waals surface area contributed by atoms with Crippen molar-refractivity contribution in [3.8, 4) is 0 Å². The van der Waals surface area contributed by atoms with Gasteiger partial charge < -0.3 is 5.32 Å². The average molecular weight is 321 g/mol. The van der Waals surface area contributed by atoms with E-state index in [2.05, 4.69) is 24.1 Å². The molecule has 0 saturated carbocycles. The van der Waals surface area contributed by atoms with Crippen molar-refractivity contribution in [3.05, 3.63) is 34.6 Å². The van der Waals surface area contributed by atoms with Crippen LogP contribution in [0.2, 0.25) is 5.02 Å². The van der Waals surface area contributed by atoms with E-state index in [1.807, 2.05) is 6.07 Å². The molecule has 114 valence electrons. The fourth-order valence-electron chi connectivity index (χ4n) is 2.70. The van der Waals surface area contributed by atoms with Crippen LogP contribution in [-0.4, -0.2) is 31.1 Å². The van der Waals surface area contributed by atoms with Crippen molar-refractivity contribution in [1.82, 2.24) is 10.2 Å². The van der Waals surface area contributed by atoms with Crippen molar-refractivity contribution in [3.63, 3.8) is 0 Å². The first-order chi connectivity index (χ1) is 9.06. The normalized spacial score (nSPS) is 17.9. The second-order valence-corrected chi connectivity index (χ2v) is 6.07. The van der Waals surface area contributed by atoms with Gasteiger partial charge in [-0.3, -0.25) is 4.90 Å². The van der Waals surface area contributed by atoms with E-state index in [1.54, 1.807) is 6.07 Å². The van der Waals surface area contributed by atoms with Gasteiger partial charge in [0.2, 0.25) is 0 Å². The Morgan fingerprint density at radius 3 is 2.45 bits per heavy atom. The molecule has 0 unspecified atom stereocenters. The molecule has 2 nitrogen and oxygen atoms in total. The number of hydrogen-bond acceptors (Lipinski definition) is 2. The van der Waals surface area contributed by atoms with E-state index in [0.717, 1.165) is 38.2 Å². The zero-order valence-electron chi connectivity index (χ0n) is 12.0. The molecule has 0 aliphatic carbocycles. The summed E-state index contributed by atoms with van der Waals surface area (Å²) in [6, 6.07) is 5.16. The maximum absolute atomic E-state index is 13.6. The smallest absolute Gasteiger partial charge is 0.125 e. The molecule has 1 aromatic carbocycles. The largest absolute Gasteiger partial charge is 0.314 e. The lowest BCUT2D eigenvalue weighted by atomic mass is 9.95. The topological polar surface area (TPSA) is 15.3 Å². The third-order valence-corrected chi connectivity index (χ3v) is 3.77. The first-order valence-corrected chi connectivity index (χ1v) is 7.35. The van der Waals surface area contributed by atoms with Crippen LogP contribution < -0.4 is 5.32 Å². The molecular weight excluding hydrogens is 298 g/mol. The number of hydrogen-bond donors (Lipinski definition) is 1. The number of piperazine rings is 1. The molecule has 0 amide bonds. The first kappa shape index (κ1) is 17.7. The second kappa shape index (κ2) is 8.18. The Morgan fingerprint density at radius 1 is 1.25 bits per heavy atom. The molecular formula is C15H23Cl2FN2. The molecule has 1 aromatic rings. The summed E-state index contributed by atoms with van der Waals surface area (Å²) in [5, 5.41) is 3.84. The molecule has 1 fully saturated rings. The summed E-state index contributed by atoms with van der Waals surface area (Å²) in [5.74, 6) is 0.327. The Kier molecular flexibility index (Phi) is 7.24. The Hall–Kier alpha value is -0.350. The molecule has 1 N–H and O–H groups in total. The van der Waals surface area contributed by atoms with E-state index in [0.29, 0.717) is 10.9 Å². The fourth-order valence-corrected chi connectivity index (χ4v) is 2.93. The minimum Gasteiger partial charge on any atom is -0.314 e. The maximum atomic E-state index is 13.6. The lowest BCUT2D eigenvalue weighted by Gasteiger charge is -2.36. The number of halogens is 3. The van der Waals surface area contributed by atoms with Crippen LogP contribution >= 0.6 is 24.0 Å². The van der Waals surface area contributed by atoms with Crippen molar-refractivity contribution in [1.29, 1.82) is 0 Å². The Labute approximate surface area is 132 Å². The van der Waals surface area contributed by atoms with Crippen LogP contribution in [0.15, 0.2) is 18.2 Å². The number of benzene rings is 1. The van der Waals surface area contributed by atoms with E-state index in [9.17, 15) is 4.39 Å². The highest BCUT2D eigenvalue weighted by atomic mass is 35.5. The summed E-state index contributed by atoms with van der Waals surface area (Å²) >= 11 is 6.00. The highest BCUT2D eigenvalue weighted by molar-refractivity contribution is 6.30. The third kappa shape index (κ3) is 4.88. The highest BCUT2D eigenvalue weighted by Gasteiger charge is 2.23. The molecule has 20 heavy (non-hydrogen) atoms. The Balaban J connectivity index is 0.00000200. The summed E-state index contributed by atoms with van der Waals surface area (Å²) in [5.41, 5.74) is 1.00. The second-order valence-electron chi connectivity index (χ2n) is 5.63. The Morgan fingerprint density at radius 2 is 1.90 bits per heavy atom. The standard InChI is InChI=1S/C15H22ClFN2.ClH/c1-11(2)7-15(19-5-3-18-4-6-19)12-8-13(16)10-14(17)9-12;/h8-11,15,18H,3-7H2,1-2H3;1H/t15-;/m1./s1. The van der Waals surface area contributed by atoms with Crippen molar-refractivity contribution in [2.24, 2.45) is 5.92 Å². The molecule has 0 spiro atoms. The predicted molar refractivity (Wildman–Crippen MR) is 85.3 cm³/mol. The van der Waals surface area contributed by atoms with Gasteiger partial charge in [-0.2, -0.15) is 0 Å². The molecule has 1 heterocycles. The molecule has 5 heteroatoms. The zero-order chi connectivity index (χ0) is 13.8. The van der Waals surface area contributed by atoms with Gasteiger partial charge >= 0.3 is 0 Å². The zero-order valence-corrected chi connectivity index (χ0v) is 13.6. The SMILES string of the molecule is CC(C)C[C@H](c1cc(F)cc(Cl)c1)N1CCNCC1.Cl. The van der Waals surface area contributed by atoms with E-state index in [-0.39, 0.29) is 24.3 Å². The van der Waals surface area contributed by atoms with Crippen molar-refractivity contribution < 1.29 is 4.39 Å². The van der Waals surface area contributed by atoms with Crippen LogP contribution in [0, 0.1) is 11.7 Å². The van der Waals surface area contributed by atoms with Gasteiger partial charge in [0, 0.05) is 37.2 Å². The quantitative estimate of drug-likeness (QED) is 0.905. The summed E-state index contributed by atoms with van der Waals surface area (Å²) < 4.78 is 13.6. The monoisotopic (exact) mass is 320 g/mol. The van der Waals surface area contributed by atoms with Gasteiger partial charge in [-0.05, 0) is 36.1 Å². The fraction of sp³-hybridized carbons (Fsp3) is 0.600. The van der Waals surface area contributed by atoms with Gasteiger partial charge in [0.15, 0.2) is 0 Å². The summed E-state index contributed by atoms with van der Waals surface area (Å²) in [6.07, 6.45) is 1.03. The van der Waals surface area contributed by atoms with E-state index in [1.165, 1.54) is 6.07 Å². The van der Waals surface area contributed by atoms with Crippen molar-refractivity contribution >= 4 is 24.0 Å². The average Bonchev–Trinajstić information content (AvgIpc) is 2.35. The van der Waals surface area contributed by atoms with Crippen LogP contribution in [0.25, 0.3) is 0 Å². The summed E-state index contributed by atoms with van der Waals surface area (Å²) in [7, 11) is 0. The molecule has 2 rings (SSSR count). The van der Waals surface area contributed by atoms with Gasteiger partial charge in [-0.25, -0.2) is 4.39 Å². The minimum atomic E-state index is -0.244. The van der Waals surface area contributed by atoms with Gasteiger partial charge in [0.25, 0.3) is 0 Å². The van der Waals surface area contributed by atoms with Gasteiger partial charge in [-0.1, -0.05) is 25.4 Å². The lowest BCUT2D eigenvalue weighted by Crippen LogP contribution is -2.45. The van der Waals surface area contributed by atoms with E-state index < -0.39 is 0 Å². The van der Waals surface area contributed by atoms with Gasteiger partial charge in [-0.15, -0.1) is 12.4 Å². The molecule has 1 aliphatic heterocycles. The molecule has 0 bridgehead atoms. The van der Waals surface area contributed by atoms with Crippen LogP contribution in [0.5, 0.6) is 0 Å². The molecule has 1 aliphatic rings. The van der Waals surface area contributed by atoms with Crippen LogP contribution in [-0.2, 0) is 0 Å². The van der Waals surface area contributed by atoms with Crippen molar-refractivity contribution in [2.75, 3.05) is 26.2 Å². The summed E-state index contributed by atoms with van der Waals surface area (Å²) in [4.78, 5) is 2.43. The van der Waals surface area contributed by atoms with Crippen LogP contribution in [0.1, 0.15) is 31.9 Å². The predicted octanol–water partition coefficient (Wildman–Crippen LogP) is 3.89. The van der Waals surface area contributed by atoms with Crippen LogP contribution in [0.3, 0.4) is 0 Å². The van der Waals surface area contributed by atoms with Crippen molar-refractivity contribution in [2.45, 2.75) is 26.3 Å². The maximum Gasteiger partial charge on any atom is 0.125 e. The highest BCUT2D eigenvalue weighted by Crippen LogP contribution is 2.30. The van der Waals surface area contributed by atoms with E-state index in [4.69, 9.17) is 11.6 Å². The van der Waals surface area contributed by atoms with Crippen LogP contribution in [0.4, 0.5) is 4.39 Å². The molecule has 0 aromatic heterocycles. The number of nitrogens with one attached hydrogen (secondary N) is 1. The number of rotatable bonds is 4. The molecule has 1 atom stereocenters.